The van der Waals surface area contributed by atoms with E-state index in [0.717, 1.165) is 0 Å². The molecular formula is C18H24ClN3O4. The van der Waals surface area contributed by atoms with E-state index in [2.05, 4.69) is 10.6 Å². The molecule has 0 radical (unpaired) electrons. The third-order valence-electron chi connectivity index (χ3n) is 3.87. The highest BCUT2D eigenvalue weighted by Crippen LogP contribution is 2.20. The van der Waals surface area contributed by atoms with Gasteiger partial charge in [-0.1, -0.05) is 37.6 Å². The Bertz CT molecular complexity index is 666. The summed E-state index contributed by atoms with van der Waals surface area (Å²) in [5, 5.41) is 5.89. The number of piperazine rings is 1. The Balaban J connectivity index is 1.96. The first kappa shape index (κ1) is 20.2. The number of nitrogens with zero attached hydrogens (tertiary/aromatic N) is 1. The van der Waals surface area contributed by atoms with E-state index in [9.17, 15) is 14.4 Å². The number of ether oxygens (including phenoxy) is 1. The number of halogens is 1. The molecule has 1 unspecified atom stereocenters. The fourth-order valence-corrected chi connectivity index (χ4v) is 2.77. The van der Waals surface area contributed by atoms with Crippen LogP contribution < -0.4 is 10.6 Å². The van der Waals surface area contributed by atoms with Crippen molar-refractivity contribution in [3.8, 4) is 0 Å². The van der Waals surface area contributed by atoms with Gasteiger partial charge in [-0.05, 0) is 18.1 Å². The predicted molar refractivity (Wildman–Crippen MR) is 98.9 cm³/mol. The molecule has 1 saturated heterocycles. The highest BCUT2D eigenvalue weighted by atomic mass is 35.5. The van der Waals surface area contributed by atoms with Gasteiger partial charge < -0.3 is 15.4 Å². The lowest BCUT2D eigenvalue weighted by atomic mass is 10.1. The zero-order valence-electron chi connectivity index (χ0n) is 15.0. The predicted octanol–water partition coefficient (Wildman–Crippen LogP) is 1.67. The number of para-hydroxylation sites is 1. The van der Waals surface area contributed by atoms with E-state index >= 15 is 0 Å². The van der Waals surface area contributed by atoms with E-state index in [-0.39, 0.29) is 30.7 Å². The fraction of sp³-hybridized carbons (Fsp3) is 0.500. The van der Waals surface area contributed by atoms with Crippen molar-refractivity contribution in [3.05, 3.63) is 29.3 Å². The lowest BCUT2D eigenvalue weighted by Crippen LogP contribution is -2.57. The summed E-state index contributed by atoms with van der Waals surface area (Å²) >= 11 is 6.04. The number of esters is 1. The van der Waals surface area contributed by atoms with Crippen molar-refractivity contribution in [1.82, 2.24) is 10.2 Å². The Morgan fingerprint density at radius 1 is 1.38 bits per heavy atom. The monoisotopic (exact) mass is 381 g/mol. The van der Waals surface area contributed by atoms with Crippen molar-refractivity contribution in [2.24, 2.45) is 5.92 Å². The maximum Gasteiger partial charge on any atom is 0.307 e. The second kappa shape index (κ2) is 9.54. The van der Waals surface area contributed by atoms with E-state index in [0.29, 0.717) is 30.4 Å². The maximum absolute atomic E-state index is 12.3. The minimum Gasteiger partial charge on any atom is -0.465 e. The van der Waals surface area contributed by atoms with Crippen molar-refractivity contribution in [3.63, 3.8) is 0 Å². The fourth-order valence-electron chi connectivity index (χ4n) is 2.59. The first-order chi connectivity index (χ1) is 12.4. The summed E-state index contributed by atoms with van der Waals surface area (Å²) < 4.78 is 5.16. The number of carbonyl (C=O) groups excluding carboxylic acids is 3. The molecule has 1 fully saturated rings. The highest BCUT2D eigenvalue weighted by molar-refractivity contribution is 6.33. The molecule has 0 bridgehead atoms. The van der Waals surface area contributed by atoms with Crippen LogP contribution in [0.15, 0.2) is 24.3 Å². The molecule has 1 atom stereocenters. The topological polar surface area (TPSA) is 87.7 Å². The molecule has 0 saturated carbocycles. The Labute approximate surface area is 158 Å². The van der Waals surface area contributed by atoms with Crippen molar-refractivity contribution in [2.45, 2.75) is 26.3 Å². The first-order valence-electron chi connectivity index (χ1n) is 8.58. The van der Waals surface area contributed by atoms with Gasteiger partial charge in [0.2, 0.25) is 11.8 Å². The van der Waals surface area contributed by atoms with Gasteiger partial charge in [0, 0.05) is 13.1 Å². The first-order valence-corrected chi connectivity index (χ1v) is 8.96. The number of hydrogen-bond donors (Lipinski definition) is 2. The molecule has 142 valence electrons. The number of nitrogens with one attached hydrogen (secondary N) is 2. The molecule has 1 aromatic rings. The van der Waals surface area contributed by atoms with E-state index in [1.54, 1.807) is 29.2 Å². The Morgan fingerprint density at radius 3 is 2.81 bits per heavy atom. The molecule has 1 aliphatic heterocycles. The molecule has 1 aromatic carbocycles. The number of hydrogen-bond acceptors (Lipinski definition) is 5. The third-order valence-corrected chi connectivity index (χ3v) is 4.20. The number of benzene rings is 1. The Hall–Kier alpha value is -2.12. The van der Waals surface area contributed by atoms with Gasteiger partial charge >= 0.3 is 5.97 Å². The Kier molecular flexibility index (Phi) is 7.41. The molecule has 7 nitrogen and oxygen atoms in total. The number of rotatable bonds is 7. The molecule has 2 rings (SSSR count). The summed E-state index contributed by atoms with van der Waals surface area (Å²) in [6.07, 6.45) is -0.0854. The van der Waals surface area contributed by atoms with E-state index < -0.39 is 12.0 Å². The zero-order valence-corrected chi connectivity index (χ0v) is 15.7. The quantitative estimate of drug-likeness (QED) is 0.701. The summed E-state index contributed by atoms with van der Waals surface area (Å²) in [6.45, 7) is 5.07. The van der Waals surface area contributed by atoms with Crippen molar-refractivity contribution >= 4 is 35.1 Å². The molecular weight excluding hydrogens is 358 g/mol. The number of carbonyl (C=O) groups is 3. The van der Waals surface area contributed by atoms with Crippen molar-refractivity contribution < 1.29 is 19.1 Å². The van der Waals surface area contributed by atoms with Gasteiger partial charge in [0.15, 0.2) is 0 Å². The van der Waals surface area contributed by atoms with Crippen LogP contribution in [0.5, 0.6) is 0 Å². The van der Waals surface area contributed by atoms with Crippen LogP contribution >= 0.6 is 11.6 Å². The van der Waals surface area contributed by atoms with Crippen molar-refractivity contribution in [1.29, 1.82) is 0 Å². The van der Waals surface area contributed by atoms with Crippen LogP contribution in [0.4, 0.5) is 5.69 Å². The molecule has 1 aliphatic rings. The smallest absolute Gasteiger partial charge is 0.307 e. The second-order valence-corrected chi connectivity index (χ2v) is 6.99. The van der Waals surface area contributed by atoms with Crippen LogP contribution in [0.25, 0.3) is 0 Å². The molecule has 0 aromatic heterocycles. The number of anilines is 1. The van der Waals surface area contributed by atoms with Crippen molar-refractivity contribution in [2.75, 3.05) is 31.6 Å². The lowest BCUT2D eigenvalue weighted by Gasteiger charge is -2.33. The van der Waals surface area contributed by atoms with Crippen LogP contribution in [-0.2, 0) is 19.1 Å². The molecule has 1 heterocycles. The SMILES string of the molecule is CC(C)COC(=O)CC1C(=O)NCCN1CC(=O)Nc1ccccc1Cl. The van der Waals surface area contributed by atoms with Gasteiger partial charge in [-0.15, -0.1) is 0 Å². The highest BCUT2D eigenvalue weighted by Gasteiger charge is 2.33. The molecule has 0 aliphatic carbocycles. The largest absolute Gasteiger partial charge is 0.465 e. The minimum absolute atomic E-state index is 0.0131. The van der Waals surface area contributed by atoms with Gasteiger partial charge in [0.05, 0.1) is 30.3 Å². The summed E-state index contributed by atoms with van der Waals surface area (Å²) in [5.41, 5.74) is 0.508. The summed E-state index contributed by atoms with van der Waals surface area (Å²) in [5.74, 6) is -0.800. The van der Waals surface area contributed by atoms with Gasteiger partial charge in [0.1, 0.15) is 6.04 Å². The van der Waals surface area contributed by atoms with Gasteiger partial charge in [-0.2, -0.15) is 0 Å². The summed E-state index contributed by atoms with van der Waals surface area (Å²) in [6, 6.07) is 6.19. The Morgan fingerprint density at radius 2 is 2.12 bits per heavy atom. The molecule has 2 N–H and O–H groups in total. The van der Waals surface area contributed by atoms with E-state index in [4.69, 9.17) is 16.3 Å². The van der Waals surface area contributed by atoms with E-state index in [1.165, 1.54) is 0 Å². The summed E-state index contributed by atoms with van der Waals surface area (Å²) in [7, 11) is 0. The van der Waals surface area contributed by atoms with Crippen LogP contribution in [0, 0.1) is 5.92 Å². The van der Waals surface area contributed by atoms with Gasteiger partial charge in [-0.25, -0.2) is 0 Å². The van der Waals surface area contributed by atoms with Crippen LogP contribution in [0.1, 0.15) is 20.3 Å². The molecule has 8 heteroatoms. The second-order valence-electron chi connectivity index (χ2n) is 6.59. The molecule has 0 spiro atoms. The summed E-state index contributed by atoms with van der Waals surface area (Å²) in [4.78, 5) is 38.1. The van der Waals surface area contributed by atoms with Crippen LogP contribution in [-0.4, -0.2) is 55.0 Å². The van der Waals surface area contributed by atoms with E-state index in [1.807, 2.05) is 13.8 Å². The van der Waals surface area contributed by atoms with Crippen LogP contribution in [0.2, 0.25) is 5.02 Å². The third kappa shape index (κ3) is 6.00. The molecule has 2 amide bonds. The average Bonchev–Trinajstić information content (AvgIpc) is 2.58. The van der Waals surface area contributed by atoms with Gasteiger partial charge in [0.25, 0.3) is 0 Å². The minimum atomic E-state index is -0.722. The normalized spacial score (nSPS) is 17.7. The van der Waals surface area contributed by atoms with Gasteiger partial charge in [-0.3, -0.25) is 19.3 Å². The maximum atomic E-state index is 12.3. The standard InChI is InChI=1S/C18H24ClN3O4/c1-12(2)11-26-17(24)9-15-18(25)20-7-8-22(15)10-16(23)21-14-6-4-3-5-13(14)19/h3-6,12,15H,7-11H2,1-2H3,(H,20,25)(H,21,23). The number of amides is 2. The lowest BCUT2D eigenvalue weighted by molar-refractivity contribution is -0.149. The van der Waals surface area contributed by atoms with Crippen LogP contribution in [0.3, 0.4) is 0 Å². The zero-order chi connectivity index (χ0) is 19.1. The average molecular weight is 382 g/mol. The molecule has 26 heavy (non-hydrogen) atoms.